The molecule has 0 bridgehead atoms. The van der Waals surface area contributed by atoms with Crippen molar-refractivity contribution in [3.63, 3.8) is 0 Å². The Balaban J connectivity index is 2.22. The first-order chi connectivity index (χ1) is 9.93. The van der Waals surface area contributed by atoms with Crippen LogP contribution in [0.3, 0.4) is 0 Å². The van der Waals surface area contributed by atoms with Crippen LogP contribution in [0.15, 0.2) is 24.3 Å². The molecule has 1 amide bonds. The molecule has 0 radical (unpaired) electrons. The third kappa shape index (κ3) is 7.14. The summed E-state index contributed by atoms with van der Waals surface area (Å²) in [6.45, 7) is 8.60. The maximum Gasteiger partial charge on any atom is 0.220 e. The Hall–Kier alpha value is -1.55. The fourth-order valence-electron chi connectivity index (χ4n) is 1.89. The van der Waals surface area contributed by atoms with Crippen LogP contribution in [-0.2, 0) is 10.2 Å². The number of amides is 1. The van der Waals surface area contributed by atoms with E-state index in [1.807, 2.05) is 19.2 Å². The van der Waals surface area contributed by atoms with Crippen molar-refractivity contribution in [1.82, 2.24) is 10.6 Å². The summed E-state index contributed by atoms with van der Waals surface area (Å²) >= 11 is 0. The van der Waals surface area contributed by atoms with E-state index in [2.05, 4.69) is 43.5 Å². The van der Waals surface area contributed by atoms with E-state index in [4.69, 9.17) is 4.74 Å². The highest BCUT2D eigenvalue weighted by Crippen LogP contribution is 2.24. The second-order valence-electron chi connectivity index (χ2n) is 6.18. The van der Waals surface area contributed by atoms with Crippen molar-refractivity contribution in [2.45, 2.75) is 39.0 Å². The van der Waals surface area contributed by atoms with Gasteiger partial charge in [0.05, 0.1) is 6.61 Å². The number of carbonyl (C=O) groups excluding carboxylic acids is 1. The van der Waals surface area contributed by atoms with Crippen molar-refractivity contribution in [2.75, 3.05) is 26.7 Å². The van der Waals surface area contributed by atoms with Gasteiger partial charge < -0.3 is 15.4 Å². The van der Waals surface area contributed by atoms with E-state index in [1.54, 1.807) is 0 Å². The van der Waals surface area contributed by atoms with Crippen molar-refractivity contribution >= 4 is 5.91 Å². The molecule has 0 unspecified atom stereocenters. The van der Waals surface area contributed by atoms with Gasteiger partial charge in [-0.25, -0.2) is 0 Å². The van der Waals surface area contributed by atoms with E-state index in [0.717, 1.165) is 18.7 Å². The van der Waals surface area contributed by atoms with E-state index in [9.17, 15) is 4.79 Å². The van der Waals surface area contributed by atoms with Gasteiger partial charge >= 0.3 is 0 Å². The molecule has 0 heterocycles. The molecule has 21 heavy (non-hydrogen) atoms. The summed E-state index contributed by atoms with van der Waals surface area (Å²) in [5.41, 5.74) is 1.45. The predicted octanol–water partition coefficient (Wildman–Crippen LogP) is 2.48. The predicted molar refractivity (Wildman–Crippen MR) is 86.8 cm³/mol. The van der Waals surface area contributed by atoms with E-state index in [0.29, 0.717) is 19.6 Å². The van der Waals surface area contributed by atoms with Crippen LogP contribution in [0.2, 0.25) is 0 Å². The first kappa shape index (κ1) is 17.5. The summed E-state index contributed by atoms with van der Waals surface area (Å²) in [5, 5.41) is 5.84. The topological polar surface area (TPSA) is 50.4 Å². The van der Waals surface area contributed by atoms with Crippen LogP contribution in [-0.4, -0.2) is 32.7 Å². The van der Waals surface area contributed by atoms with E-state index in [-0.39, 0.29) is 11.3 Å². The summed E-state index contributed by atoms with van der Waals surface area (Å²) in [4.78, 5) is 11.5. The maximum atomic E-state index is 11.5. The lowest BCUT2D eigenvalue weighted by Crippen LogP contribution is -2.30. The zero-order valence-electron chi connectivity index (χ0n) is 13.7. The third-order valence-corrected chi connectivity index (χ3v) is 3.23. The number of ether oxygens (including phenoxy) is 1. The fraction of sp³-hybridized carbons (Fsp3) is 0.588. The van der Waals surface area contributed by atoms with E-state index in [1.165, 1.54) is 5.56 Å². The highest BCUT2D eigenvalue weighted by molar-refractivity contribution is 5.75. The average Bonchev–Trinajstić information content (AvgIpc) is 2.43. The Labute approximate surface area is 128 Å². The van der Waals surface area contributed by atoms with Gasteiger partial charge in [-0.15, -0.1) is 0 Å². The van der Waals surface area contributed by atoms with E-state index < -0.39 is 0 Å². The van der Waals surface area contributed by atoms with Crippen molar-refractivity contribution in [2.24, 2.45) is 0 Å². The Kier molecular flexibility index (Phi) is 7.23. The van der Waals surface area contributed by atoms with Crippen LogP contribution in [0.25, 0.3) is 0 Å². The smallest absolute Gasteiger partial charge is 0.220 e. The SMILES string of the molecule is CNCCNC(=O)CCCOc1ccc(C(C)(C)C)cc1. The molecule has 0 fully saturated rings. The molecule has 1 aromatic rings. The molecule has 0 aromatic heterocycles. The Morgan fingerprint density at radius 2 is 1.81 bits per heavy atom. The number of hydrogen-bond donors (Lipinski definition) is 2. The third-order valence-electron chi connectivity index (χ3n) is 3.23. The number of likely N-dealkylation sites (N-methyl/N-ethyl adjacent to an activating group) is 1. The average molecular weight is 292 g/mol. The molecule has 0 aliphatic heterocycles. The normalized spacial score (nSPS) is 11.2. The van der Waals surface area contributed by atoms with Crippen molar-refractivity contribution in [1.29, 1.82) is 0 Å². The van der Waals surface area contributed by atoms with Crippen molar-refractivity contribution in [3.05, 3.63) is 29.8 Å². The van der Waals surface area contributed by atoms with Crippen molar-refractivity contribution in [3.8, 4) is 5.75 Å². The summed E-state index contributed by atoms with van der Waals surface area (Å²) in [6.07, 6.45) is 1.23. The molecule has 0 aliphatic rings. The van der Waals surface area contributed by atoms with Crippen LogP contribution < -0.4 is 15.4 Å². The van der Waals surface area contributed by atoms with Crippen LogP contribution in [0, 0.1) is 0 Å². The van der Waals surface area contributed by atoms with Crippen LogP contribution in [0.5, 0.6) is 5.75 Å². The van der Waals surface area contributed by atoms with Crippen LogP contribution in [0.4, 0.5) is 0 Å². The Bertz CT molecular complexity index is 421. The molecule has 0 spiro atoms. The standard InChI is InChI=1S/C17H28N2O2/c1-17(2,3)14-7-9-15(10-8-14)21-13-5-6-16(20)19-12-11-18-4/h7-10,18H,5-6,11-13H2,1-4H3,(H,19,20). The minimum absolute atomic E-state index is 0.0805. The lowest BCUT2D eigenvalue weighted by atomic mass is 9.87. The highest BCUT2D eigenvalue weighted by atomic mass is 16.5. The number of hydrogen-bond acceptors (Lipinski definition) is 3. The fourth-order valence-corrected chi connectivity index (χ4v) is 1.89. The van der Waals surface area contributed by atoms with Gasteiger partial charge in [0.1, 0.15) is 5.75 Å². The summed E-state index contributed by atoms with van der Waals surface area (Å²) in [6, 6.07) is 8.18. The summed E-state index contributed by atoms with van der Waals surface area (Å²) in [7, 11) is 1.87. The van der Waals surface area contributed by atoms with Crippen LogP contribution >= 0.6 is 0 Å². The molecule has 4 nitrogen and oxygen atoms in total. The Morgan fingerprint density at radius 3 is 2.38 bits per heavy atom. The zero-order chi connectivity index (χ0) is 15.7. The number of carbonyl (C=O) groups is 1. The summed E-state index contributed by atoms with van der Waals surface area (Å²) < 4.78 is 5.66. The largest absolute Gasteiger partial charge is 0.494 e. The molecule has 0 saturated carbocycles. The lowest BCUT2D eigenvalue weighted by Gasteiger charge is -2.19. The molecule has 1 aromatic carbocycles. The molecule has 0 aliphatic carbocycles. The van der Waals surface area contributed by atoms with Gasteiger partial charge in [-0.3, -0.25) is 4.79 Å². The molecule has 4 heteroatoms. The van der Waals surface area contributed by atoms with Gasteiger partial charge in [-0.05, 0) is 36.6 Å². The second kappa shape index (κ2) is 8.67. The first-order valence-corrected chi connectivity index (χ1v) is 7.58. The molecule has 0 saturated heterocycles. The van der Waals surface area contributed by atoms with Gasteiger partial charge in [0.15, 0.2) is 0 Å². The molecular formula is C17H28N2O2. The quantitative estimate of drug-likeness (QED) is 0.724. The number of nitrogens with one attached hydrogen (secondary N) is 2. The molecule has 118 valence electrons. The minimum Gasteiger partial charge on any atom is -0.494 e. The van der Waals surface area contributed by atoms with Gasteiger partial charge in [0.25, 0.3) is 0 Å². The zero-order valence-corrected chi connectivity index (χ0v) is 13.7. The lowest BCUT2D eigenvalue weighted by molar-refractivity contribution is -0.121. The second-order valence-corrected chi connectivity index (χ2v) is 6.18. The molecular weight excluding hydrogens is 264 g/mol. The van der Waals surface area contributed by atoms with Gasteiger partial charge in [-0.1, -0.05) is 32.9 Å². The monoisotopic (exact) mass is 292 g/mol. The Morgan fingerprint density at radius 1 is 1.14 bits per heavy atom. The summed E-state index contributed by atoms with van der Waals surface area (Å²) in [5.74, 6) is 0.940. The molecule has 2 N–H and O–H groups in total. The van der Waals surface area contributed by atoms with Crippen LogP contribution in [0.1, 0.15) is 39.2 Å². The maximum absolute atomic E-state index is 11.5. The van der Waals surface area contributed by atoms with Gasteiger partial charge in [0, 0.05) is 19.5 Å². The number of benzene rings is 1. The highest BCUT2D eigenvalue weighted by Gasteiger charge is 2.12. The molecule has 1 rings (SSSR count). The minimum atomic E-state index is 0.0805. The molecule has 0 atom stereocenters. The van der Waals surface area contributed by atoms with E-state index >= 15 is 0 Å². The van der Waals surface area contributed by atoms with Gasteiger partial charge in [-0.2, -0.15) is 0 Å². The van der Waals surface area contributed by atoms with Crippen molar-refractivity contribution < 1.29 is 9.53 Å². The van der Waals surface area contributed by atoms with Gasteiger partial charge in [0.2, 0.25) is 5.91 Å². The number of rotatable bonds is 8. The first-order valence-electron chi connectivity index (χ1n) is 7.58.